The number of nitrogens with zero attached hydrogens (tertiary/aromatic N) is 8. The van der Waals surface area contributed by atoms with Crippen LogP contribution in [0.25, 0.3) is 5.95 Å². The third-order valence-corrected chi connectivity index (χ3v) is 2.35. The third kappa shape index (κ3) is 2.79. The number of anilines is 2. The highest BCUT2D eigenvalue weighted by Gasteiger charge is 2.13. The number of aromatic nitrogens is 5. The lowest BCUT2D eigenvalue weighted by Gasteiger charge is -2.16. The first-order chi connectivity index (χ1) is 9.78. The van der Waals surface area contributed by atoms with Gasteiger partial charge in [-0.3, -0.25) is 0 Å². The van der Waals surface area contributed by atoms with Crippen LogP contribution in [-0.4, -0.2) is 44.9 Å². The van der Waals surface area contributed by atoms with E-state index in [1.165, 1.54) is 9.58 Å². The Labute approximate surface area is 115 Å². The van der Waals surface area contributed by atoms with Gasteiger partial charge in [0.05, 0.1) is 12.1 Å². The van der Waals surface area contributed by atoms with Crippen LogP contribution in [0.1, 0.15) is 0 Å². The zero-order chi connectivity index (χ0) is 14.4. The molecule has 0 amide bonds. The van der Waals surface area contributed by atoms with E-state index in [0.29, 0.717) is 11.9 Å². The molecule has 0 aliphatic rings. The van der Waals surface area contributed by atoms with Crippen molar-refractivity contribution in [3.63, 3.8) is 0 Å². The average molecular weight is 269 g/mol. The third-order valence-electron chi connectivity index (χ3n) is 2.35. The summed E-state index contributed by atoms with van der Waals surface area (Å²) in [5.74, 6) is 0.893. The molecule has 0 bridgehead atoms. The smallest absolute Gasteiger partial charge is 0.257 e. The van der Waals surface area contributed by atoms with Crippen LogP contribution in [0.5, 0.6) is 0 Å². The molecule has 0 fully saturated rings. The molecule has 0 aliphatic carbocycles. The molecule has 0 spiro atoms. The molecular weight excluding hydrogens is 258 g/mol. The van der Waals surface area contributed by atoms with Gasteiger partial charge in [0.2, 0.25) is 11.9 Å². The van der Waals surface area contributed by atoms with Crippen molar-refractivity contribution < 1.29 is 0 Å². The standard InChI is InChI=1S/C11H11N9/c1-14-9-16-10(19(7-3-12)8-4-13)18-11(17-9)20-6-2-5-15-20/h2,5-6H,7-8H2,1H3,(H,14,16,17,18). The summed E-state index contributed by atoms with van der Waals surface area (Å²) >= 11 is 0. The summed E-state index contributed by atoms with van der Waals surface area (Å²) in [4.78, 5) is 14.0. The van der Waals surface area contributed by atoms with Crippen molar-refractivity contribution in [1.82, 2.24) is 24.7 Å². The van der Waals surface area contributed by atoms with Crippen LogP contribution < -0.4 is 10.2 Å². The van der Waals surface area contributed by atoms with Gasteiger partial charge in [-0.2, -0.15) is 30.6 Å². The molecule has 0 aliphatic heterocycles. The van der Waals surface area contributed by atoms with Crippen LogP contribution >= 0.6 is 0 Å². The Morgan fingerprint density at radius 1 is 1.25 bits per heavy atom. The van der Waals surface area contributed by atoms with Crippen LogP contribution in [0.15, 0.2) is 18.5 Å². The highest BCUT2D eigenvalue weighted by molar-refractivity contribution is 5.41. The second-order valence-electron chi connectivity index (χ2n) is 3.63. The van der Waals surface area contributed by atoms with E-state index in [1.54, 1.807) is 25.5 Å². The molecule has 20 heavy (non-hydrogen) atoms. The van der Waals surface area contributed by atoms with E-state index in [-0.39, 0.29) is 19.0 Å². The summed E-state index contributed by atoms with van der Waals surface area (Å²) < 4.78 is 1.48. The molecule has 2 rings (SSSR count). The van der Waals surface area contributed by atoms with Gasteiger partial charge in [-0.05, 0) is 6.07 Å². The van der Waals surface area contributed by atoms with Gasteiger partial charge in [0.15, 0.2) is 0 Å². The fraction of sp³-hybridized carbons (Fsp3) is 0.273. The van der Waals surface area contributed by atoms with Crippen molar-refractivity contribution in [3.8, 4) is 18.1 Å². The molecule has 0 atom stereocenters. The van der Waals surface area contributed by atoms with Gasteiger partial charge in [0, 0.05) is 19.4 Å². The molecule has 0 saturated carbocycles. The minimum atomic E-state index is 0.0132. The highest BCUT2D eigenvalue weighted by atomic mass is 15.4. The Balaban J connectivity index is 2.45. The van der Waals surface area contributed by atoms with Crippen LogP contribution in [0, 0.1) is 22.7 Å². The lowest BCUT2D eigenvalue weighted by atomic mass is 10.5. The van der Waals surface area contributed by atoms with E-state index >= 15 is 0 Å². The fourth-order valence-electron chi connectivity index (χ4n) is 1.46. The first-order valence-corrected chi connectivity index (χ1v) is 5.71. The molecule has 2 heterocycles. The normalized spacial score (nSPS) is 9.55. The lowest BCUT2D eigenvalue weighted by Crippen LogP contribution is -2.27. The molecule has 9 heteroatoms. The number of hydrogen-bond acceptors (Lipinski definition) is 8. The van der Waals surface area contributed by atoms with Gasteiger partial charge >= 0.3 is 0 Å². The van der Waals surface area contributed by atoms with E-state index in [9.17, 15) is 0 Å². The molecule has 2 aromatic rings. The first kappa shape index (κ1) is 13.2. The van der Waals surface area contributed by atoms with Gasteiger partial charge in [-0.25, -0.2) is 4.68 Å². The Morgan fingerprint density at radius 2 is 2.00 bits per heavy atom. The number of nitrogens with one attached hydrogen (secondary N) is 1. The van der Waals surface area contributed by atoms with Gasteiger partial charge in [0.1, 0.15) is 13.1 Å². The molecule has 1 N–H and O–H groups in total. The van der Waals surface area contributed by atoms with Crippen molar-refractivity contribution in [2.24, 2.45) is 0 Å². The number of hydrogen-bond donors (Lipinski definition) is 1. The molecular formula is C11H11N9. The lowest BCUT2D eigenvalue weighted by molar-refractivity contribution is 0.780. The summed E-state index contributed by atoms with van der Waals surface area (Å²) in [7, 11) is 1.67. The Morgan fingerprint density at radius 3 is 2.55 bits per heavy atom. The second kappa shape index (κ2) is 6.11. The maximum atomic E-state index is 8.80. The monoisotopic (exact) mass is 269 g/mol. The quantitative estimate of drug-likeness (QED) is 0.750. The van der Waals surface area contributed by atoms with E-state index in [4.69, 9.17) is 10.5 Å². The Bertz CT molecular complexity index is 634. The average Bonchev–Trinajstić information content (AvgIpc) is 3.01. The zero-order valence-corrected chi connectivity index (χ0v) is 10.7. The maximum absolute atomic E-state index is 8.80. The highest BCUT2D eigenvalue weighted by Crippen LogP contribution is 2.12. The molecule has 0 unspecified atom stereocenters. The summed E-state index contributed by atoms with van der Waals surface area (Å²) in [5.41, 5.74) is 0. The van der Waals surface area contributed by atoms with Crippen molar-refractivity contribution in [2.45, 2.75) is 0 Å². The minimum Gasteiger partial charge on any atom is -0.357 e. The van der Waals surface area contributed by atoms with Crippen LogP contribution in [0.2, 0.25) is 0 Å². The van der Waals surface area contributed by atoms with E-state index in [1.807, 2.05) is 12.1 Å². The molecule has 100 valence electrons. The zero-order valence-electron chi connectivity index (χ0n) is 10.7. The predicted octanol–water partition coefficient (Wildman–Crippen LogP) is -0.0474. The summed E-state index contributed by atoms with van der Waals surface area (Å²) in [6.07, 6.45) is 3.29. The molecule has 0 aromatic carbocycles. The van der Waals surface area contributed by atoms with E-state index in [2.05, 4.69) is 25.4 Å². The second-order valence-corrected chi connectivity index (χ2v) is 3.63. The van der Waals surface area contributed by atoms with Crippen molar-refractivity contribution >= 4 is 11.9 Å². The number of nitriles is 2. The summed E-state index contributed by atoms with van der Waals surface area (Å²) in [6, 6.07) is 5.69. The largest absolute Gasteiger partial charge is 0.357 e. The SMILES string of the molecule is CNc1nc(N(CC#N)CC#N)nc(-n2cccn2)n1. The maximum Gasteiger partial charge on any atom is 0.257 e. The summed E-state index contributed by atoms with van der Waals surface area (Å²) in [6.45, 7) is 0.0263. The van der Waals surface area contributed by atoms with Crippen LogP contribution in [0.3, 0.4) is 0 Å². The van der Waals surface area contributed by atoms with Crippen molar-refractivity contribution in [1.29, 1.82) is 10.5 Å². The molecule has 9 nitrogen and oxygen atoms in total. The van der Waals surface area contributed by atoms with E-state index < -0.39 is 0 Å². The Hall–Kier alpha value is -3.20. The van der Waals surface area contributed by atoms with Crippen molar-refractivity contribution in [3.05, 3.63) is 18.5 Å². The van der Waals surface area contributed by atoms with Gasteiger partial charge in [-0.1, -0.05) is 0 Å². The van der Waals surface area contributed by atoms with Crippen LogP contribution in [0.4, 0.5) is 11.9 Å². The fourth-order valence-corrected chi connectivity index (χ4v) is 1.46. The van der Waals surface area contributed by atoms with E-state index in [0.717, 1.165) is 0 Å². The molecule has 0 radical (unpaired) electrons. The first-order valence-electron chi connectivity index (χ1n) is 5.71. The predicted molar refractivity (Wildman–Crippen MR) is 69.9 cm³/mol. The van der Waals surface area contributed by atoms with Gasteiger partial charge in [0.25, 0.3) is 5.95 Å². The number of rotatable bonds is 5. The van der Waals surface area contributed by atoms with Gasteiger partial charge in [-0.15, -0.1) is 0 Å². The van der Waals surface area contributed by atoms with Crippen LogP contribution in [-0.2, 0) is 0 Å². The minimum absolute atomic E-state index is 0.0132. The van der Waals surface area contributed by atoms with Gasteiger partial charge < -0.3 is 10.2 Å². The molecule has 0 saturated heterocycles. The Kier molecular flexibility index (Phi) is 4.04. The topological polar surface area (TPSA) is 119 Å². The summed E-state index contributed by atoms with van der Waals surface area (Å²) in [5, 5.41) is 24.5. The molecule has 2 aromatic heterocycles. The van der Waals surface area contributed by atoms with Crippen molar-refractivity contribution in [2.75, 3.05) is 30.4 Å².